The summed E-state index contributed by atoms with van der Waals surface area (Å²) in [4.78, 5) is 4.22. The largest absolute Gasteiger partial charge is 0.356 e. The average Bonchev–Trinajstić information content (AvgIpc) is 3.04. The SMILES string of the molecule is CN=C(NCC1CCN(S(C)(=O)=O)C1)NC1CC=CC1.I. The molecule has 0 aromatic heterocycles. The Balaban J connectivity index is 0.00000220. The number of nitrogens with one attached hydrogen (secondary N) is 2. The van der Waals surface area contributed by atoms with Crippen LogP contribution in [-0.4, -0.2) is 57.7 Å². The molecule has 1 saturated heterocycles. The Morgan fingerprint density at radius 1 is 1.38 bits per heavy atom. The summed E-state index contributed by atoms with van der Waals surface area (Å²) >= 11 is 0. The second-order valence-electron chi connectivity index (χ2n) is 5.51. The van der Waals surface area contributed by atoms with E-state index >= 15 is 0 Å². The fourth-order valence-electron chi connectivity index (χ4n) is 2.63. The van der Waals surface area contributed by atoms with Crippen molar-refractivity contribution in [3.63, 3.8) is 0 Å². The lowest BCUT2D eigenvalue weighted by Crippen LogP contribution is -2.44. The molecule has 1 heterocycles. The Morgan fingerprint density at radius 2 is 2.05 bits per heavy atom. The van der Waals surface area contributed by atoms with E-state index in [0.717, 1.165) is 31.8 Å². The quantitative estimate of drug-likeness (QED) is 0.300. The van der Waals surface area contributed by atoms with Gasteiger partial charge in [0.1, 0.15) is 0 Å². The Bertz CT molecular complexity index is 484. The van der Waals surface area contributed by atoms with Crippen molar-refractivity contribution in [1.29, 1.82) is 0 Å². The number of aliphatic imine (C=N–C) groups is 1. The number of guanidine groups is 1. The van der Waals surface area contributed by atoms with Crippen LogP contribution in [0.3, 0.4) is 0 Å². The van der Waals surface area contributed by atoms with Crippen molar-refractivity contribution < 1.29 is 8.42 Å². The van der Waals surface area contributed by atoms with Gasteiger partial charge >= 0.3 is 0 Å². The van der Waals surface area contributed by atoms with Crippen LogP contribution < -0.4 is 10.6 Å². The molecule has 21 heavy (non-hydrogen) atoms. The lowest BCUT2D eigenvalue weighted by atomic mass is 10.1. The maximum Gasteiger partial charge on any atom is 0.211 e. The van der Waals surface area contributed by atoms with Crippen molar-refractivity contribution in [1.82, 2.24) is 14.9 Å². The minimum atomic E-state index is -3.05. The van der Waals surface area contributed by atoms with Gasteiger partial charge in [0.2, 0.25) is 10.0 Å². The first-order chi connectivity index (χ1) is 9.49. The van der Waals surface area contributed by atoms with Gasteiger partial charge in [-0.05, 0) is 25.2 Å². The number of halogens is 1. The Labute approximate surface area is 144 Å². The molecule has 1 atom stereocenters. The van der Waals surface area contributed by atoms with Crippen molar-refractivity contribution in [2.24, 2.45) is 10.9 Å². The Hall–Kier alpha value is -0.350. The Kier molecular flexibility index (Phi) is 7.41. The fourth-order valence-corrected chi connectivity index (χ4v) is 3.55. The van der Waals surface area contributed by atoms with Gasteiger partial charge in [-0.2, -0.15) is 0 Å². The molecule has 1 unspecified atom stereocenters. The molecule has 6 nitrogen and oxygen atoms in total. The van der Waals surface area contributed by atoms with Crippen LogP contribution in [0.15, 0.2) is 17.1 Å². The summed E-state index contributed by atoms with van der Waals surface area (Å²) < 4.78 is 24.5. The van der Waals surface area contributed by atoms with Crippen LogP contribution in [0.5, 0.6) is 0 Å². The van der Waals surface area contributed by atoms with Gasteiger partial charge in [-0.15, -0.1) is 24.0 Å². The maximum absolute atomic E-state index is 11.5. The predicted molar refractivity (Wildman–Crippen MR) is 96.6 cm³/mol. The average molecular weight is 428 g/mol. The molecule has 0 aromatic carbocycles. The zero-order valence-corrected chi connectivity index (χ0v) is 15.7. The third-order valence-corrected chi connectivity index (χ3v) is 5.12. The molecule has 122 valence electrons. The van der Waals surface area contributed by atoms with Gasteiger partial charge in [-0.1, -0.05) is 12.2 Å². The molecular formula is C13H25IN4O2S. The monoisotopic (exact) mass is 428 g/mol. The predicted octanol–water partition coefficient (Wildman–Crippen LogP) is 0.769. The lowest BCUT2D eigenvalue weighted by molar-refractivity contribution is 0.458. The van der Waals surface area contributed by atoms with Crippen molar-refractivity contribution in [3.8, 4) is 0 Å². The van der Waals surface area contributed by atoms with Crippen LogP contribution in [0.2, 0.25) is 0 Å². The molecule has 0 radical (unpaired) electrons. The highest BCUT2D eigenvalue weighted by molar-refractivity contribution is 14.0. The van der Waals surface area contributed by atoms with Crippen molar-refractivity contribution in [2.75, 3.05) is 32.9 Å². The van der Waals surface area contributed by atoms with Gasteiger partial charge in [0.15, 0.2) is 5.96 Å². The van der Waals surface area contributed by atoms with E-state index in [2.05, 4.69) is 27.8 Å². The smallest absolute Gasteiger partial charge is 0.211 e. The molecule has 0 amide bonds. The van der Waals surface area contributed by atoms with Gasteiger partial charge in [-0.25, -0.2) is 12.7 Å². The summed E-state index contributed by atoms with van der Waals surface area (Å²) in [6.45, 7) is 1.99. The van der Waals surface area contributed by atoms with Gasteiger partial charge in [0.25, 0.3) is 0 Å². The lowest BCUT2D eigenvalue weighted by Gasteiger charge is -2.19. The van der Waals surface area contributed by atoms with Crippen LogP contribution in [-0.2, 0) is 10.0 Å². The first-order valence-electron chi connectivity index (χ1n) is 7.06. The van der Waals surface area contributed by atoms with E-state index in [9.17, 15) is 8.42 Å². The molecule has 2 aliphatic rings. The van der Waals surface area contributed by atoms with Crippen LogP contribution in [0.25, 0.3) is 0 Å². The summed E-state index contributed by atoms with van der Waals surface area (Å²) in [5.41, 5.74) is 0. The molecule has 2 N–H and O–H groups in total. The fraction of sp³-hybridized carbons (Fsp3) is 0.769. The second-order valence-corrected chi connectivity index (χ2v) is 7.50. The van der Waals surface area contributed by atoms with Crippen LogP contribution in [0, 0.1) is 5.92 Å². The third-order valence-electron chi connectivity index (χ3n) is 3.85. The topological polar surface area (TPSA) is 73.8 Å². The van der Waals surface area contributed by atoms with Gasteiger partial charge < -0.3 is 10.6 Å². The summed E-state index contributed by atoms with van der Waals surface area (Å²) in [5, 5.41) is 6.68. The van der Waals surface area contributed by atoms with Crippen molar-refractivity contribution in [2.45, 2.75) is 25.3 Å². The standard InChI is InChI=1S/C13H24N4O2S.HI/c1-14-13(16-12-5-3-4-6-12)15-9-11-7-8-17(10-11)20(2,18)19;/h3-4,11-12H,5-10H2,1-2H3,(H2,14,15,16);1H. The number of sulfonamides is 1. The minimum absolute atomic E-state index is 0. The van der Waals surface area contributed by atoms with Gasteiger partial charge in [0, 0.05) is 32.7 Å². The normalized spacial score (nSPS) is 24.1. The summed E-state index contributed by atoms with van der Waals surface area (Å²) in [7, 11) is -1.29. The van der Waals surface area contributed by atoms with Gasteiger partial charge in [0.05, 0.1) is 6.26 Å². The van der Waals surface area contributed by atoms with E-state index < -0.39 is 10.0 Å². The molecule has 0 spiro atoms. The summed E-state index contributed by atoms with van der Waals surface area (Å²) in [5.74, 6) is 1.15. The first kappa shape index (κ1) is 18.7. The highest BCUT2D eigenvalue weighted by atomic mass is 127. The first-order valence-corrected chi connectivity index (χ1v) is 8.91. The van der Waals surface area contributed by atoms with E-state index in [1.165, 1.54) is 6.26 Å². The van der Waals surface area contributed by atoms with Crippen LogP contribution in [0.4, 0.5) is 0 Å². The minimum Gasteiger partial charge on any atom is -0.356 e. The molecular weight excluding hydrogens is 403 g/mol. The molecule has 2 rings (SSSR count). The van der Waals surface area contributed by atoms with Crippen molar-refractivity contribution >= 4 is 40.0 Å². The van der Waals surface area contributed by atoms with E-state index in [1.807, 2.05) is 0 Å². The second kappa shape index (κ2) is 8.33. The number of hydrogen-bond acceptors (Lipinski definition) is 3. The third kappa shape index (κ3) is 5.74. The highest BCUT2D eigenvalue weighted by Gasteiger charge is 2.28. The summed E-state index contributed by atoms with van der Waals surface area (Å²) in [6.07, 6.45) is 8.59. The molecule has 1 aliphatic carbocycles. The number of rotatable bonds is 4. The summed E-state index contributed by atoms with van der Waals surface area (Å²) in [6, 6.07) is 0.428. The van der Waals surface area contributed by atoms with Crippen LogP contribution in [0.1, 0.15) is 19.3 Å². The van der Waals surface area contributed by atoms with Crippen LogP contribution >= 0.6 is 24.0 Å². The zero-order chi connectivity index (χ0) is 14.6. The zero-order valence-electron chi connectivity index (χ0n) is 12.6. The molecule has 1 aliphatic heterocycles. The molecule has 1 fully saturated rings. The van der Waals surface area contributed by atoms with E-state index in [-0.39, 0.29) is 24.0 Å². The maximum atomic E-state index is 11.5. The molecule has 0 saturated carbocycles. The number of hydrogen-bond donors (Lipinski definition) is 2. The highest BCUT2D eigenvalue weighted by Crippen LogP contribution is 2.17. The molecule has 8 heteroatoms. The Morgan fingerprint density at radius 3 is 2.57 bits per heavy atom. The van der Waals surface area contributed by atoms with E-state index in [0.29, 0.717) is 25.0 Å². The molecule has 0 aromatic rings. The van der Waals surface area contributed by atoms with E-state index in [1.54, 1.807) is 11.4 Å². The number of nitrogens with zero attached hydrogens (tertiary/aromatic N) is 2. The molecule has 0 bridgehead atoms. The van der Waals surface area contributed by atoms with Gasteiger partial charge in [-0.3, -0.25) is 4.99 Å². The van der Waals surface area contributed by atoms with Crippen molar-refractivity contribution in [3.05, 3.63) is 12.2 Å². The van der Waals surface area contributed by atoms with E-state index in [4.69, 9.17) is 0 Å².